The van der Waals surface area contributed by atoms with Gasteiger partial charge in [0.2, 0.25) is 0 Å². The van der Waals surface area contributed by atoms with Gasteiger partial charge in [0.1, 0.15) is 0 Å². The van der Waals surface area contributed by atoms with Crippen LogP contribution in [0.15, 0.2) is 54.6 Å². The fourth-order valence-electron chi connectivity index (χ4n) is 2.04. The summed E-state index contributed by atoms with van der Waals surface area (Å²) in [5.41, 5.74) is 2.29. The van der Waals surface area contributed by atoms with Crippen LogP contribution in [0.5, 0.6) is 0 Å². The molecule has 0 saturated carbocycles. The molecule has 0 aromatic heterocycles. The van der Waals surface area contributed by atoms with Crippen LogP contribution in [-0.4, -0.2) is 11.7 Å². The normalized spacial score (nSPS) is 10.1. The van der Waals surface area contributed by atoms with Crippen molar-refractivity contribution in [3.8, 4) is 0 Å². The third-order valence-corrected chi connectivity index (χ3v) is 3.58. The molecule has 0 unspecified atom stereocenters. The number of nitrogens with one attached hydrogen (secondary N) is 2. The Morgan fingerprint density at radius 2 is 1.81 bits per heavy atom. The molecule has 0 aliphatic heterocycles. The summed E-state index contributed by atoms with van der Waals surface area (Å²) < 4.78 is 0. The number of anilines is 1. The summed E-state index contributed by atoms with van der Waals surface area (Å²) in [6.45, 7) is 0.874. The topological polar surface area (TPSA) is 24.1 Å². The number of hydrogen-bond donors (Lipinski definition) is 2. The average molecular weight is 319 g/mol. The first kappa shape index (κ1) is 15.8. The highest BCUT2D eigenvalue weighted by atomic mass is 35.5. The zero-order chi connectivity index (χ0) is 14.9. The second-order valence-corrected chi connectivity index (χ2v) is 5.68. The van der Waals surface area contributed by atoms with E-state index in [9.17, 15) is 0 Å². The molecule has 0 atom stereocenters. The van der Waals surface area contributed by atoms with E-state index in [1.807, 2.05) is 30.3 Å². The molecule has 2 rings (SSSR count). The molecule has 2 aromatic rings. The Morgan fingerprint density at radius 1 is 1.00 bits per heavy atom. The number of halogens is 1. The van der Waals surface area contributed by atoms with Gasteiger partial charge in [-0.2, -0.15) is 0 Å². The van der Waals surface area contributed by atoms with Gasteiger partial charge < -0.3 is 10.6 Å². The summed E-state index contributed by atoms with van der Waals surface area (Å²) in [6.07, 6.45) is 3.35. The highest BCUT2D eigenvalue weighted by Crippen LogP contribution is 2.14. The van der Waals surface area contributed by atoms with Gasteiger partial charge >= 0.3 is 0 Å². The number of thiocarbonyl (C=S) groups is 1. The van der Waals surface area contributed by atoms with E-state index in [2.05, 4.69) is 34.9 Å². The Labute approximate surface area is 136 Å². The Morgan fingerprint density at radius 3 is 2.57 bits per heavy atom. The number of unbranched alkanes of at least 4 members (excludes halogenated alkanes) is 1. The summed E-state index contributed by atoms with van der Waals surface area (Å²) in [5, 5.41) is 7.68. The minimum absolute atomic E-state index is 0.636. The van der Waals surface area contributed by atoms with E-state index in [0.29, 0.717) is 10.1 Å². The lowest BCUT2D eigenvalue weighted by molar-refractivity contribution is 0.711. The molecule has 0 radical (unpaired) electrons. The van der Waals surface area contributed by atoms with E-state index >= 15 is 0 Å². The second-order valence-electron chi connectivity index (χ2n) is 4.83. The summed E-state index contributed by atoms with van der Waals surface area (Å²) in [5.74, 6) is 0. The molecule has 21 heavy (non-hydrogen) atoms. The maximum atomic E-state index is 5.93. The molecule has 2 nitrogen and oxygen atoms in total. The molecule has 4 heteroatoms. The number of benzene rings is 2. The standard InChI is InChI=1S/C17H19ClN2S/c18-15-10-6-11-16(13-15)20-17(21)19-12-5-4-9-14-7-2-1-3-8-14/h1-3,6-8,10-11,13H,4-5,9,12H2,(H2,19,20,21). The predicted molar refractivity (Wildman–Crippen MR) is 95.1 cm³/mol. The van der Waals surface area contributed by atoms with E-state index in [1.54, 1.807) is 0 Å². The quantitative estimate of drug-likeness (QED) is 0.599. The van der Waals surface area contributed by atoms with Crippen molar-refractivity contribution in [2.45, 2.75) is 19.3 Å². The molecule has 0 aliphatic carbocycles. The molecule has 0 aliphatic rings. The minimum atomic E-state index is 0.636. The largest absolute Gasteiger partial charge is 0.362 e. The van der Waals surface area contributed by atoms with E-state index in [1.165, 1.54) is 5.56 Å². The summed E-state index contributed by atoms with van der Waals surface area (Å²) in [6, 6.07) is 18.1. The molecular weight excluding hydrogens is 300 g/mol. The van der Waals surface area contributed by atoms with Crippen molar-refractivity contribution < 1.29 is 0 Å². The zero-order valence-electron chi connectivity index (χ0n) is 11.8. The molecule has 2 aromatic carbocycles. The Kier molecular flexibility index (Phi) is 6.51. The second kappa shape index (κ2) is 8.65. The van der Waals surface area contributed by atoms with Crippen LogP contribution in [-0.2, 0) is 6.42 Å². The molecule has 2 N–H and O–H groups in total. The lowest BCUT2D eigenvalue weighted by Gasteiger charge is -2.10. The van der Waals surface area contributed by atoms with Gasteiger partial charge in [-0.25, -0.2) is 0 Å². The first-order valence-corrected chi connectivity index (χ1v) is 7.87. The molecular formula is C17H19ClN2S. The van der Waals surface area contributed by atoms with Crippen LogP contribution in [0.1, 0.15) is 18.4 Å². The average Bonchev–Trinajstić information content (AvgIpc) is 2.48. The number of rotatable bonds is 6. The SMILES string of the molecule is S=C(NCCCCc1ccccc1)Nc1cccc(Cl)c1. The van der Waals surface area contributed by atoms with Gasteiger partial charge in [0.15, 0.2) is 5.11 Å². The van der Waals surface area contributed by atoms with E-state index in [-0.39, 0.29) is 0 Å². The maximum Gasteiger partial charge on any atom is 0.170 e. The molecule has 0 fully saturated rings. The smallest absolute Gasteiger partial charge is 0.170 e. The van der Waals surface area contributed by atoms with Crippen LogP contribution in [0.25, 0.3) is 0 Å². The molecule has 0 spiro atoms. The Bertz CT molecular complexity index is 572. The van der Waals surface area contributed by atoms with Gasteiger partial charge in [0, 0.05) is 17.3 Å². The lowest BCUT2D eigenvalue weighted by Crippen LogP contribution is -2.29. The fourth-order valence-corrected chi connectivity index (χ4v) is 2.45. The van der Waals surface area contributed by atoms with Crippen molar-refractivity contribution in [1.82, 2.24) is 5.32 Å². The van der Waals surface area contributed by atoms with Crippen molar-refractivity contribution in [3.05, 3.63) is 65.2 Å². The van der Waals surface area contributed by atoms with Crippen LogP contribution in [0.3, 0.4) is 0 Å². The fraction of sp³-hybridized carbons (Fsp3) is 0.235. The minimum Gasteiger partial charge on any atom is -0.362 e. The van der Waals surface area contributed by atoms with Gasteiger partial charge in [-0.1, -0.05) is 48.0 Å². The first-order valence-electron chi connectivity index (χ1n) is 7.08. The van der Waals surface area contributed by atoms with Crippen molar-refractivity contribution in [2.75, 3.05) is 11.9 Å². The zero-order valence-corrected chi connectivity index (χ0v) is 13.4. The highest BCUT2D eigenvalue weighted by molar-refractivity contribution is 7.80. The van der Waals surface area contributed by atoms with Gasteiger partial charge in [-0.15, -0.1) is 0 Å². The summed E-state index contributed by atoms with van der Waals surface area (Å²) in [4.78, 5) is 0. The van der Waals surface area contributed by atoms with Crippen LogP contribution in [0.4, 0.5) is 5.69 Å². The number of aryl methyl sites for hydroxylation is 1. The molecule has 110 valence electrons. The molecule has 0 saturated heterocycles. The molecule has 0 heterocycles. The lowest BCUT2D eigenvalue weighted by atomic mass is 10.1. The van der Waals surface area contributed by atoms with E-state index in [4.69, 9.17) is 23.8 Å². The van der Waals surface area contributed by atoms with Crippen molar-refractivity contribution in [3.63, 3.8) is 0 Å². The van der Waals surface area contributed by atoms with Gasteiger partial charge in [0.05, 0.1) is 0 Å². The van der Waals surface area contributed by atoms with Gasteiger partial charge in [-0.05, 0) is 55.2 Å². The van der Waals surface area contributed by atoms with Crippen LogP contribution >= 0.6 is 23.8 Å². The molecule has 0 amide bonds. The van der Waals surface area contributed by atoms with Gasteiger partial charge in [-0.3, -0.25) is 0 Å². The van der Waals surface area contributed by atoms with Crippen LogP contribution in [0.2, 0.25) is 5.02 Å². The highest BCUT2D eigenvalue weighted by Gasteiger charge is 1.98. The van der Waals surface area contributed by atoms with Gasteiger partial charge in [0.25, 0.3) is 0 Å². The predicted octanol–water partition coefficient (Wildman–Crippen LogP) is 4.65. The summed E-state index contributed by atoms with van der Waals surface area (Å²) in [7, 11) is 0. The van der Waals surface area contributed by atoms with Crippen LogP contribution < -0.4 is 10.6 Å². The Balaban J connectivity index is 1.61. The number of hydrogen-bond acceptors (Lipinski definition) is 1. The monoisotopic (exact) mass is 318 g/mol. The van der Waals surface area contributed by atoms with Crippen molar-refractivity contribution in [1.29, 1.82) is 0 Å². The van der Waals surface area contributed by atoms with E-state index < -0.39 is 0 Å². The maximum absolute atomic E-state index is 5.93. The van der Waals surface area contributed by atoms with E-state index in [0.717, 1.165) is 31.5 Å². The summed E-state index contributed by atoms with van der Waals surface area (Å²) >= 11 is 11.2. The third-order valence-electron chi connectivity index (χ3n) is 3.10. The van der Waals surface area contributed by atoms with Crippen molar-refractivity contribution in [2.24, 2.45) is 0 Å². The van der Waals surface area contributed by atoms with Crippen molar-refractivity contribution >= 4 is 34.6 Å². The van der Waals surface area contributed by atoms with Crippen LogP contribution in [0, 0.1) is 0 Å². The Hall–Kier alpha value is -1.58. The molecule has 0 bridgehead atoms. The first-order chi connectivity index (χ1) is 10.2. The third kappa shape index (κ3) is 6.15.